The number of anilines is 1. The van der Waals surface area contributed by atoms with Gasteiger partial charge in [-0.15, -0.1) is 0 Å². The molecule has 0 atom stereocenters. The topological polar surface area (TPSA) is 82.9 Å². The number of aromatic nitrogens is 2. The highest BCUT2D eigenvalue weighted by Gasteiger charge is 2.08. The van der Waals surface area contributed by atoms with Crippen LogP contribution in [0.4, 0.5) is 5.82 Å². The third-order valence-electron chi connectivity index (χ3n) is 2.78. The van der Waals surface area contributed by atoms with Crippen molar-refractivity contribution in [3.05, 3.63) is 47.9 Å². The van der Waals surface area contributed by atoms with Crippen LogP contribution in [0.25, 0.3) is 0 Å². The SMILES string of the molecule is Cc1c[c]cnc1NC(=S)NC(=N)c1ccc(OC(C)C)cn1. The quantitative estimate of drug-likeness (QED) is 0.455. The summed E-state index contributed by atoms with van der Waals surface area (Å²) in [6.45, 7) is 5.78. The zero-order chi connectivity index (χ0) is 16.8. The lowest BCUT2D eigenvalue weighted by Crippen LogP contribution is -2.35. The Balaban J connectivity index is 1.96. The summed E-state index contributed by atoms with van der Waals surface area (Å²) in [6.07, 6.45) is 3.22. The first-order valence-corrected chi connectivity index (χ1v) is 7.49. The molecule has 2 aromatic heterocycles. The molecule has 2 rings (SSSR count). The third kappa shape index (κ3) is 5.00. The summed E-state index contributed by atoms with van der Waals surface area (Å²) < 4.78 is 5.52. The molecule has 0 aliphatic rings. The van der Waals surface area contributed by atoms with Crippen LogP contribution in [0.2, 0.25) is 0 Å². The second-order valence-corrected chi connectivity index (χ2v) is 5.51. The maximum atomic E-state index is 8.02. The molecule has 2 heterocycles. The minimum absolute atomic E-state index is 0.0795. The highest BCUT2D eigenvalue weighted by Crippen LogP contribution is 2.11. The predicted molar refractivity (Wildman–Crippen MR) is 94.0 cm³/mol. The van der Waals surface area contributed by atoms with Crippen molar-refractivity contribution < 1.29 is 4.74 Å². The molecule has 0 aliphatic heterocycles. The van der Waals surface area contributed by atoms with Gasteiger partial charge < -0.3 is 15.4 Å². The van der Waals surface area contributed by atoms with E-state index in [1.54, 1.807) is 30.6 Å². The van der Waals surface area contributed by atoms with E-state index in [1.807, 2.05) is 20.8 Å². The van der Waals surface area contributed by atoms with Gasteiger partial charge in [-0.25, -0.2) is 9.97 Å². The Hall–Kier alpha value is -2.54. The molecule has 0 aromatic carbocycles. The maximum absolute atomic E-state index is 8.02. The molecular formula is C16H18N5OS. The van der Waals surface area contributed by atoms with Gasteiger partial charge in [0, 0.05) is 12.3 Å². The summed E-state index contributed by atoms with van der Waals surface area (Å²) in [5.41, 5.74) is 1.38. The molecule has 0 bridgehead atoms. The molecule has 23 heavy (non-hydrogen) atoms. The van der Waals surface area contributed by atoms with Gasteiger partial charge in [-0.05, 0) is 56.8 Å². The highest BCUT2D eigenvalue weighted by atomic mass is 32.1. The normalized spacial score (nSPS) is 10.3. The molecule has 0 fully saturated rings. The largest absolute Gasteiger partial charge is 0.489 e. The monoisotopic (exact) mass is 328 g/mol. The Labute approximate surface area is 140 Å². The van der Waals surface area contributed by atoms with Gasteiger partial charge in [0.2, 0.25) is 0 Å². The van der Waals surface area contributed by atoms with Crippen LogP contribution in [0.15, 0.2) is 30.6 Å². The summed E-state index contributed by atoms with van der Waals surface area (Å²) in [7, 11) is 0. The van der Waals surface area contributed by atoms with Crippen molar-refractivity contribution in [2.24, 2.45) is 0 Å². The van der Waals surface area contributed by atoms with E-state index >= 15 is 0 Å². The van der Waals surface area contributed by atoms with Gasteiger partial charge in [-0.2, -0.15) is 0 Å². The van der Waals surface area contributed by atoms with Gasteiger partial charge in [0.05, 0.1) is 12.3 Å². The van der Waals surface area contributed by atoms with E-state index in [0.717, 1.165) is 5.56 Å². The maximum Gasteiger partial charge on any atom is 0.177 e. The highest BCUT2D eigenvalue weighted by molar-refractivity contribution is 7.80. The molecule has 0 spiro atoms. The van der Waals surface area contributed by atoms with Crippen LogP contribution in [0.5, 0.6) is 5.75 Å². The summed E-state index contributed by atoms with van der Waals surface area (Å²) >= 11 is 5.19. The van der Waals surface area contributed by atoms with E-state index in [1.165, 1.54) is 0 Å². The lowest BCUT2D eigenvalue weighted by molar-refractivity contribution is 0.241. The van der Waals surface area contributed by atoms with Crippen LogP contribution in [-0.2, 0) is 0 Å². The number of nitrogens with zero attached hydrogens (tertiary/aromatic N) is 2. The van der Waals surface area contributed by atoms with E-state index < -0.39 is 0 Å². The number of nitrogens with one attached hydrogen (secondary N) is 3. The van der Waals surface area contributed by atoms with Gasteiger partial charge in [-0.1, -0.05) is 0 Å². The molecule has 7 heteroatoms. The molecule has 0 aliphatic carbocycles. The van der Waals surface area contributed by atoms with Crippen molar-refractivity contribution in [2.45, 2.75) is 26.9 Å². The molecule has 6 nitrogen and oxygen atoms in total. The number of amidine groups is 1. The molecule has 3 N–H and O–H groups in total. The second kappa shape index (κ2) is 7.64. The molecule has 1 radical (unpaired) electrons. The fourth-order valence-corrected chi connectivity index (χ4v) is 1.95. The Morgan fingerprint density at radius 2 is 2.13 bits per heavy atom. The first-order chi connectivity index (χ1) is 11.0. The zero-order valence-corrected chi connectivity index (χ0v) is 14.0. The van der Waals surface area contributed by atoms with Crippen LogP contribution in [-0.4, -0.2) is 27.0 Å². The van der Waals surface area contributed by atoms with E-state index in [0.29, 0.717) is 17.3 Å². The minimum atomic E-state index is 0.0795. The number of ether oxygens (including phenoxy) is 1. The summed E-state index contributed by atoms with van der Waals surface area (Å²) in [6, 6.07) is 8.16. The number of aryl methyl sites for hydroxylation is 1. The van der Waals surface area contributed by atoms with Gasteiger partial charge in [0.25, 0.3) is 0 Å². The Kier molecular flexibility index (Phi) is 5.59. The number of hydrogen-bond donors (Lipinski definition) is 3. The van der Waals surface area contributed by atoms with Crippen molar-refractivity contribution in [3.63, 3.8) is 0 Å². The van der Waals surface area contributed by atoms with Gasteiger partial charge in [-0.3, -0.25) is 5.41 Å². The standard InChI is InChI=1S/C16H18N5OS/c1-10(2)22-12-6-7-13(19-9-12)14(17)20-16(23)21-15-11(3)5-4-8-18-15/h5-10H,1-3H3,(H3,17,18,20,21,23). The molecule has 119 valence electrons. The van der Waals surface area contributed by atoms with Crippen molar-refractivity contribution in [1.29, 1.82) is 5.41 Å². The molecule has 2 aromatic rings. The number of rotatable bonds is 4. The fourth-order valence-electron chi connectivity index (χ4n) is 1.75. The zero-order valence-electron chi connectivity index (χ0n) is 13.2. The second-order valence-electron chi connectivity index (χ2n) is 5.10. The Bertz CT molecular complexity index is 700. The molecule has 0 saturated heterocycles. The number of pyridine rings is 2. The number of hydrogen-bond acceptors (Lipinski definition) is 5. The smallest absolute Gasteiger partial charge is 0.177 e. The van der Waals surface area contributed by atoms with Crippen LogP contribution in [0, 0.1) is 18.4 Å². The molecular weight excluding hydrogens is 310 g/mol. The molecule has 0 saturated carbocycles. The van der Waals surface area contributed by atoms with Crippen LogP contribution < -0.4 is 15.4 Å². The van der Waals surface area contributed by atoms with Gasteiger partial charge in [0.1, 0.15) is 17.3 Å². The van der Waals surface area contributed by atoms with Crippen LogP contribution in [0.1, 0.15) is 25.1 Å². The summed E-state index contributed by atoms with van der Waals surface area (Å²) in [4.78, 5) is 8.33. The summed E-state index contributed by atoms with van der Waals surface area (Å²) in [5, 5.41) is 14.0. The van der Waals surface area contributed by atoms with E-state index in [9.17, 15) is 0 Å². The first-order valence-electron chi connectivity index (χ1n) is 7.08. The number of thiocarbonyl (C=S) groups is 1. The van der Waals surface area contributed by atoms with E-state index in [-0.39, 0.29) is 17.1 Å². The Morgan fingerprint density at radius 1 is 1.35 bits per heavy atom. The van der Waals surface area contributed by atoms with Crippen molar-refractivity contribution in [2.75, 3.05) is 5.32 Å². The van der Waals surface area contributed by atoms with Crippen LogP contribution >= 0.6 is 12.2 Å². The van der Waals surface area contributed by atoms with Crippen molar-refractivity contribution in [3.8, 4) is 5.75 Å². The van der Waals surface area contributed by atoms with Crippen LogP contribution in [0.3, 0.4) is 0 Å². The third-order valence-corrected chi connectivity index (χ3v) is 2.98. The average Bonchev–Trinajstić information content (AvgIpc) is 2.49. The van der Waals surface area contributed by atoms with Gasteiger partial charge in [0.15, 0.2) is 10.9 Å². The van der Waals surface area contributed by atoms with E-state index in [4.69, 9.17) is 22.4 Å². The predicted octanol–water partition coefficient (Wildman–Crippen LogP) is 2.68. The average molecular weight is 328 g/mol. The lowest BCUT2D eigenvalue weighted by atomic mass is 10.3. The van der Waals surface area contributed by atoms with Crippen molar-refractivity contribution in [1.82, 2.24) is 15.3 Å². The fraction of sp³-hybridized carbons (Fsp3) is 0.250. The van der Waals surface area contributed by atoms with Gasteiger partial charge >= 0.3 is 0 Å². The van der Waals surface area contributed by atoms with Crippen molar-refractivity contribution >= 4 is 29.0 Å². The Morgan fingerprint density at radius 3 is 2.74 bits per heavy atom. The minimum Gasteiger partial charge on any atom is -0.489 e. The first kappa shape index (κ1) is 16.8. The van der Waals surface area contributed by atoms with E-state index in [2.05, 4.69) is 26.7 Å². The summed E-state index contributed by atoms with van der Waals surface area (Å²) in [5.74, 6) is 1.39. The molecule has 0 amide bonds. The lowest BCUT2D eigenvalue weighted by Gasteiger charge is -2.12. The molecule has 0 unspecified atom stereocenters.